The molecule has 1 rings (SSSR count). The van der Waals surface area contributed by atoms with E-state index in [1.54, 1.807) is 31.4 Å². The van der Waals surface area contributed by atoms with Gasteiger partial charge < -0.3 is 10.5 Å². The number of carbonyl (C=O) groups is 1. The molecule has 0 saturated heterocycles. The van der Waals surface area contributed by atoms with E-state index in [1.807, 2.05) is 6.92 Å². The molecule has 0 spiro atoms. The highest BCUT2D eigenvalue weighted by atomic mass is 16.5. The Bertz CT molecular complexity index is 319. The van der Waals surface area contributed by atoms with Crippen LogP contribution in [-0.2, 0) is 0 Å². The Morgan fingerprint density at radius 1 is 1.40 bits per heavy atom. The highest BCUT2D eigenvalue weighted by Gasteiger charge is 2.09. The van der Waals surface area contributed by atoms with Crippen molar-refractivity contribution < 1.29 is 9.53 Å². The molecule has 0 saturated carbocycles. The molecule has 0 amide bonds. The Morgan fingerprint density at radius 2 is 2.00 bits per heavy atom. The van der Waals surface area contributed by atoms with Gasteiger partial charge in [0, 0.05) is 18.0 Å². The predicted octanol–water partition coefficient (Wildman–Crippen LogP) is 2.01. The van der Waals surface area contributed by atoms with E-state index in [0.717, 1.165) is 12.2 Å². The molecule has 3 nitrogen and oxygen atoms in total. The van der Waals surface area contributed by atoms with Gasteiger partial charge in [0.05, 0.1) is 7.11 Å². The molecule has 1 aromatic carbocycles. The van der Waals surface area contributed by atoms with Crippen LogP contribution in [0, 0.1) is 0 Å². The fourth-order valence-corrected chi connectivity index (χ4v) is 1.28. The van der Waals surface area contributed by atoms with Crippen LogP contribution in [0.5, 0.6) is 5.75 Å². The summed E-state index contributed by atoms with van der Waals surface area (Å²) in [5.41, 5.74) is 6.42. The quantitative estimate of drug-likeness (QED) is 0.751. The van der Waals surface area contributed by atoms with Crippen LogP contribution in [0.2, 0.25) is 0 Å². The minimum atomic E-state index is -0.0420. The van der Waals surface area contributed by atoms with E-state index in [0.29, 0.717) is 12.0 Å². The number of ether oxygens (including phenoxy) is 1. The number of ketones is 1. The number of rotatable bonds is 5. The van der Waals surface area contributed by atoms with Crippen molar-refractivity contribution in [2.75, 3.05) is 7.11 Å². The van der Waals surface area contributed by atoms with Crippen molar-refractivity contribution >= 4 is 5.78 Å². The second-order valence-corrected chi connectivity index (χ2v) is 3.52. The summed E-state index contributed by atoms with van der Waals surface area (Å²) in [4.78, 5) is 11.7. The zero-order valence-corrected chi connectivity index (χ0v) is 9.19. The monoisotopic (exact) mass is 207 g/mol. The van der Waals surface area contributed by atoms with Crippen molar-refractivity contribution in [1.82, 2.24) is 0 Å². The molecule has 0 aromatic heterocycles. The maximum Gasteiger partial charge on any atom is 0.164 e. The number of nitrogens with two attached hydrogens (primary N) is 1. The van der Waals surface area contributed by atoms with Crippen LogP contribution in [0.25, 0.3) is 0 Å². The molecule has 0 aliphatic carbocycles. The maximum atomic E-state index is 11.7. The smallest absolute Gasteiger partial charge is 0.164 e. The van der Waals surface area contributed by atoms with Gasteiger partial charge in [0.2, 0.25) is 0 Å². The zero-order chi connectivity index (χ0) is 11.3. The van der Waals surface area contributed by atoms with Gasteiger partial charge >= 0.3 is 0 Å². The summed E-state index contributed by atoms with van der Waals surface area (Å²) in [6, 6.07) is 7.06. The summed E-state index contributed by atoms with van der Waals surface area (Å²) < 4.78 is 5.02. The minimum absolute atomic E-state index is 0.0420. The van der Waals surface area contributed by atoms with Crippen LogP contribution in [0.1, 0.15) is 30.1 Å². The van der Waals surface area contributed by atoms with Gasteiger partial charge in [-0.15, -0.1) is 0 Å². The summed E-state index contributed by atoms with van der Waals surface area (Å²) >= 11 is 0. The molecule has 1 aromatic rings. The fourth-order valence-electron chi connectivity index (χ4n) is 1.28. The summed E-state index contributed by atoms with van der Waals surface area (Å²) in [6.45, 7) is 1.98. The van der Waals surface area contributed by atoms with E-state index in [-0.39, 0.29) is 11.8 Å². The van der Waals surface area contributed by atoms with Gasteiger partial charge in [-0.3, -0.25) is 4.79 Å². The standard InChI is InChI=1S/C12H17NO2/c1-3-10(13)8-12(14)9-4-6-11(15-2)7-5-9/h4-7,10H,3,8,13H2,1-2H3. The first-order valence-electron chi connectivity index (χ1n) is 5.10. The van der Waals surface area contributed by atoms with Crippen molar-refractivity contribution in [3.05, 3.63) is 29.8 Å². The molecule has 0 heterocycles. The van der Waals surface area contributed by atoms with Crippen molar-refractivity contribution in [2.24, 2.45) is 5.73 Å². The van der Waals surface area contributed by atoms with Crippen molar-refractivity contribution in [2.45, 2.75) is 25.8 Å². The number of benzene rings is 1. The Balaban J connectivity index is 2.66. The van der Waals surface area contributed by atoms with E-state index in [9.17, 15) is 4.79 Å². The molecule has 0 fully saturated rings. The number of hydrogen-bond acceptors (Lipinski definition) is 3. The molecule has 2 N–H and O–H groups in total. The minimum Gasteiger partial charge on any atom is -0.497 e. The van der Waals surface area contributed by atoms with Gasteiger partial charge in [0.25, 0.3) is 0 Å². The molecular formula is C12H17NO2. The summed E-state index contributed by atoms with van der Waals surface area (Å²) in [5.74, 6) is 0.846. The third kappa shape index (κ3) is 3.36. The van der Waals surface area contributed by atoms with Gasteiger partial charge in [-0.2, -0.15) is 0 Å². The molecule has 0 aliphatic heterocycles. The van der Waals surface area contributed by atoms with E-state index in [1.165, 1.54) is 0 Å². The van der Waals surface area contributed by atoms with E-state index >= 15 is 0 Å². The lowest BCUT2D eigenvalue weighted by Gasteiger charge is -2.07. The van der Waals surface area contributed by atoms with Crippen LogP contribution in [0.3, 0.4) is 0 Å². The lowest BCUT2D eigenvalue weighted by atomic mass is 10.0. The van der Waals surface area contributed by atoms with Gasteiger partial charge in [-0.1, -0.05) is 6.92 Å². The lowest BCUT2D eigenvalue weighted by molar-refractivity contribution is 0.0974. The SMILES string of the molecule is CCC(N)CC(=O)c1ccc(OC)cc1. The third-order valence-electron chi connectivity index (χ3n) is 2.38. The summed E-state index contributed by atoms with van der Waals surface area (Å²) in [7, 11) is 1.60. The molecule has 82 valence electrons. The summed E-state index contributed by atoms with van der Waals surface area (Å²) in [5, 5.41) is 0. The predicted molar refractivity (Wildman–Crippen MR) is 60.2 cm³/mol. The van der Waals surface area contributed by atoms with Crippen molar-refractivity contribution in [1.29, 1.82) is 0 Å². The Kier molecular flexibility index (Phi) is 4.31. The second-order valence-electron chi connectivity index (χ2n) is 3.52. The zero-order valence-electron chi connectivity index (χ0n) is 9.19. The second kappa shape index (κ2) is 5.51. The number of carbonyl (C=O) groups excluding carboxylic acids is 1. The van der Waals surface area contributed by atoms with E-state index in [2.05, 4.69) is 0 Å². The highest BCUT2D eigenvalue weighted by Crippen LogP contribution is 2.13. The average Bonchev–Trinajstić information content (AvgIpc) is 2.29. The molecule has 1 atom stereocenters. The summed E-state index contributed by atoms with van der Waals surface area (Å²) in [6.07, 6.45) is 1.23. The molecule has 1 unspecified atom stereocenters. The van der Waals surface area contributed by atoms with E-state index in [4.69, 9.17) is 10.5 Å². The highest BCUT2D eigenvalue weighted by molar-refractivity contribution is 5.96. The van der Waals surface area contributed by atoms with Crippen LogP contribution >= 0.6 is 0 Å². The number of methoxy groups -OCH3 is 1. The first-order chi connectivity index (χ1) is 7.17. The van der Waals surface area contributed by atoms with Crippen molar-refractivity contribution in [3.63, 3.8) is 0 Å². The third-order valence-corrected chi connectivity index (χ3v) is 2.38. The molecule has 3 heteroatoms. The largest absolute Gasteiger partial charge is 0.497 e. The first kappa shape index (κ1) is 11.7. The lowest BCUT2D eigenvalue weighted by Crippen LogP contribution is -2.22. The van der Waals surface area contributed by atoms with Crippen molar-refractivity contribution in [3.8, 4) is 5.75 Å². The number of hydrogen-bond donors (Lipinski definition) is 1. The van der Waals surface area contributed by atoms with Gasteiger partial charge in [0.1, 0.15) is 5.75 Å². The molecule has 0 aliphatic rings. The maximum absolute atomic E-state index is 11.7. The molecule has 0 bridgehead atoms. The Labute approximate surface area is 90.2 Å². The van der Waals surface area contributed by atoms with Crippen LogP contribution in [-0.4, -0.2) is 18.9 Å². The Morgan fingerprint density at radius 3 is 2.47 bits per heavy atom. The fraction of sp³-hybridized carbons (Fsp3) is 0.417. The topological polar surface area (TPSA) is 52.3 Å². The van der Waals surface area contributed by atoms with Gasteiger partial charge in [-0.05, 0) is 30.7 Å². The van der Waals surface area contributed by atoms with Crippen LogP contribution in [0.4, 0.5) is 0 Å². The van der Waals surface area contributed by atoms with Crippen LogP contribution in [0.15, 0.2) is 24.3 Å². The van der Waals surface area contributed by atoms with Crippen LogP contribution < -0.4 is 10.5 Å². The number of Topliss-reactive ketones (excluding diaryl/α,β-unsaturated/α-hetero) is 1. The van der Waals surface area contributed by atoms with E-state index < -0.39 is 0 Å². The molecular weight excluding hydrogens is 190 g/mol. The normalized spacial score (nSPS) is 12.2. The average molecular weight is 207 g/mol. The Hall–Kier alpha value is -1.35. The molecule has 0 radical (unpaired) electrons. The van der Waals surface area contributed by atoms with Gasteiger partial charge in [-0.25, -0.2) is 0 Å². The van der Waals surface area contributed by atoms with Gasteiger partial charge in [0.15, 0.2) is 5.78 Å². The first-order valence-corrected chi connectivity index (χ1v) is 5.10. The molecule has 15 heavy (non-hydrogen) atoms.